The molecule has 0 aliphatic carbocycles. The molecular weight excluding hydrogens is 308 g/mol. The zero-order chi connectivity index (χ0) is 13.9. The standard InChI is InChI=1S/C14H20N4OS.ClH/c15-4-3-11-2-1-5-17(9-11)10-12-8-13(19)18-6-7-20-14(18)16-12;/h6-8,11H,1-5,9-10,15H2;1H. The van der Waals surface area contributed by atoms with Crippen molar-refractivity contribution in [2.45, 2.75) is 25.8 Å². The molecule has 2 aromatic heterocycles. The van der Waals surface area contributed by atoms with Crippen LogP contribution in [0.1, 0.15) is 25.0 Å². The number of piperidine rings is 1. The van der Waals surface area contributed by atoms with E-state index in [9.17, 15) is 4.79 Å². The lowest BCUT2D eigenvalue weighted by Gasteiger charge is -2.32. The maximum Gasteiger partial charge on any atom is 0.258 e. The van der Waals surface area contributed by atoms with Gasteiger partial charge in [0.2, 0.25) is 0 Å². The van der Waals surface area contributed by atoms with Crippen LogP contribution in [0.4, 0.5) is 0 Å². The van der Waals surface area contributed by atoms with Gasteiger partial charge in [-0.2, -0.15) is 0 Å². The van der Waals surface area contributed by atoms with Gasteiger partial charge in [-0.05, 0) is 38.3 Å². The smallest absolute Gasteiger partial charge is 0.258 e. The molecule has 3 rings (SSSR count). The molecule has 0 aromatic carbocycles. The van der Waals surface area contributed by atoms with E-state index in [1.54, 1.807) is 16.7 Å². The van der Waals surface area contributed by atoms with Gasteiger partial charge in [-0.15, -0.1) is 23.7 Å². The van der Waals surface area contributed by atoms with Crippen molar-refractivity contribution in [3.63, 3.8) is 0 Å². The highest BCUT2D eigenvalue weighted by atomic mass is 35.5. The van der Waals surface area contributed by atoms with E-state index in [2.05, 4.69) is 9.88 Å². The Bertz CT molecular complexity index is 639. The van der Waals surface area contributed by atoms with Crippen LogP contribution in [0.5, 0.6) is 0 Å². The number of likely N-dealkylation sites (tertiary alicyclic amines) is 1. The first-order chi connectivity index (χ1) is 9.76. The third kappa shape index (κ3) is 3.83. The topological polar surface area (TPSA) is 63.6 Å². The molecule has 1 aliphatic heterocycles. The third-order valence-electron chi connectivity index (χ3n) is 3.92. The molecule has 1 aliphatic rings. The Morgan fingerprint density at radius 2 is 2.33 bits per heavy atom. The minimum absolute atomic E-state index is 0. The third-order valence-corrected chi connectivity index (χ3v) is 4.68. The molecule has 116 valence electrons. The summed E-state index contributed by atoms with van der Waals surface area (Å²) in [6.07, 6.45) is 5.35. The lowest BCUT2D eigenvalue weighted by molar-refractivity contribution is 0.161. The van der Waals surface area contributed by atoms with Crippen molar-refractivity contribution < 1.29 is 0 Å². The number of rotatable bonds is 4. The Morgan fingerprint density at radius 3 is 3.14 bits per heavy atom. The summed E-state index contributed by atoms with van der Waals surface area (Å²) in [6.45, 7) is 3.69. The fraction of sp³-hybridized carbons (Fsp3) is 0.571. The molecule has 1 fully saturated rings. The van der Waals surface area contributed by atoms with Crippen LogP contribution in [-0.4, -0.2) is 33.9 Å². The predicted octanol–water partition coefficient (Wildman–Crippen LogP) is 1.74. The van der Waals surface area contributed by atoms with Crippen LogP contribution >= 0.6 is 23.7 Å². The highest BCUT2D eigenvalue weighted by molar-refractivity contribution is 7.15. The molecule has 0 saturated carbocycles. The molecule has 0 spiro atoms. The van der Waals surface area contributed by atoms with Crippen LogP contribution in [0, 0.1) is 5.92 Å². The summed E-state index contributed by atoms with van der Waals surface area (Å²) in [5.41, 5.74) is 6.55. The Hall–Kier alpha value is -0.950. The normalized spacial score (nSPS) is 19.6. The first kappa shape index (κ1) is 16.4. The molecule has 7 heteroatoms. The second kappa shape index (κ2) is 7.35. The lowest BCUT2D eigenvalue weighted by Crippen LogP contribution is -2.36. The molecule has 1 saturated heterocycles. The van der Waals surface area contributed by atoms with Gasteiger partial charge in [-0.1, -0.05) is 0 Å². The summed E-state index contributed by atoms with van der Waals surface area (Å²) in [5.74, 6) is 0.695. The second-order valence-corrected chi connectivity index (χ2v) is 6.34. The summed E-state index contributed by atoms with van der Waals surface area (Å²) < 4.78 is 1.60. The Kier molecular flexibility index (Phi) is 5.75. The number of nitrogens with two attached hydrogens (primary N) is 1. The number of halogens is 1. The fourth-order valence-electron chi connectivity index (χ4n) is 2.96. The number of thiazole rings is 1. The van der Waals surface area contributed by atoms with E-state index >= 15 is 0 Å². The van der Waals surface area contributed by atoms with Gasteiger partial charge in [-0.25, -0.2) is 4.98 Å². The Balaban J connectivity index is 0.00000161. The van der Waals surface area contributed by atoms with Crippen LogP contribution in [-0.2, 0) is 6.54 Å². The number of aromatic nitrogens is 2. The number of fused-ring (bicyclic) bond motifs is 1. The van der Waals surface area contributed by atoms with E-state index in [4.69, 9.17) is 5.73 Å². The van der Waals surface area contributed by atoms with Gasteiger partial charge < -0.3 is 5.73 Å². The molecule has 3 heterocycles. The van der Waals surface area contributed by atoms with Crippen molar-refractivity contribution in [2.24, 2.45) is 11.7 Å². The van der Waals surface area contributed by atoms with E-state index in [0.29, 0.717) is 5.92 Å². The van der Waals surface area contributed by atoms with Crippen molar-refractivity contribution in [1.29, 1.82) is 0 Å². The van der Waals surface area contributed by atoms with Gasteiger partial charge in [0.1, 0.15) is 0 Å². The quantitative estimate of drug-likeness (QED) is 0.928. The zero-order valence-electron chi connectivity index (χ0n) is 11.9. The average Bonchev–Trinajstić information content (AvgIpc) is 2.88. The fourth-order valence-corrected chi connectivity index (χ4v) is 3.70. The number of nitrogens with zero attached hydrogens (tertiary/aromatic N) is 3. The summed E-state index contributed by atoms with van der Waals surface area (Å²) in [4.78, 5) is 19.7. The van der Waals surface area contributed by atoms with Gasteiger partial charge >= 0.3 is 0 Å². The van der Waals surface area contributed by atoms with E-state index in [-0.39, 0.29) is 18.0 Å². The predicted molar refractivity (Wildman–Crippen MR) is 88.3 cm³/mol. The highest BCUT2D eigenvalue weighted by Crippen LogP contribution is 2.20. The van der Waals surface area contributed by atoms with Crippen LogP contribution in [0.25, 0.3) is 4.96 Å². The monoisotopic (exact) mass is 328 g/mol. The van der Waals surface area contributed by atoms with E-state index in [1.165, 1.54) is 24.2 Å². The highest BCUT2D eigenvalue weighted by Gasteiger charge is 2.20. The number of hydrogen-bond acceptors (Lipinski definition) is 5. The van der Waals surface area contributed by atoms with E-state index in [1.807, 2.05) is 5.38 Å². The minimum Gasteiger partial charge on any atom is -0.330 e. The summed E-state index contributed by atoms with van der Waals surface area (Å²) in [5, 5.41) is 1.89. The SMILES string of the molecule is Cl.NCCC1CCCN(Cc2cc(=O)n3ccsc3n2)C1. The molecule has 1 atom stereocenters. The van der Waals surface area contributed by atoms with Gasteiger partial charge in [-0.3, -0.25) is 14.1 Å². The summed E-state index contributed by atoms with van der Waals surface area (Å²) in [6, 6.07) is 1.66. The number of hydrogen-bond donors (Lipinski definition) is 1. The molecule has 5 nitrogen and oxygen atoms in total. The minimum atomic E-state index is 0. The second-order valence-electron chi connectivity index (χ2n) is 5.46. The van der Waals surface area contributed by atoms with Crippen molar-refractivity contribution >= 4 is 28.7 Å². The van der Waals surface area contributed by atoms with Crippen molar-refractivity contribution in [3.8, 4) is 0 Å². The largest absolute Gasteiger partial charge is 0.330 e. The van der Waals surface area contributed by atoms with Crippen LogP contribution in [0.3, 0.4) is 0 Å². The Labute approximate surface area is 134 Å². The van der Waals surface area contributed by atoms with Crippen LogP contribution in [0.15, 0.2) is 22.4 Å². The molecular formula is C14H21ClN4OS. The Morgan fingerprint density at radius 1 is 1.48 bits per heavy atom. The molecule has 21 heavy (non-hydrogen) atoms. The van der Waals surface area contributed by atoms with Gasteiger partial charge in [0.25, 0.3) is 5.56 Å². The maximum atomic E-state index is 12.0. The first-order valence-electron chi connectivity index (χ1n) is 7.14. The van der Waals surface area contributed by atoms with Crippen molar-refractivity contribution in [1.82, 2.24) is 14.3 Å². The molecule has 2 N–H and O–H groups in total. The van der Waals surface area contributed by atoms with E-state index in [0.717, 1.165) is 43.3 Å². The maximum absolute atomic E-state index is 12.0. The van der Waals surface area contributed by atoms with Crippen molar-refractivity contribution in [3.05, 3.63) is 33.7 Å². The van der Waals surface area contributed by atoms with Crippen LogP contribution in [0.2, 0.25) is 0 Å². The first-order valence-corrected chi connectivity index (χ1v) is 8.02. The van der Waals surface area contributed by atoms with Crippen molar-refractivity contribution in [2.75, 3.05) is 19.6 Å². The van der Waals surface area contributed by atoms with Crippen LogP contribution < -0.4 is 11.3 Å². The molecule has 0 bridgehead atoms. The molecule has 1 unspecified atom stereocenters. The summed E-state index contributed by atoms with van der Waals surface area (Å²) >= 11 is 1.50. The zero-order valence-corrected chi connectivity index (χ0v) is 13.5. The lowest BCUT2D eigenvalue weighted by atomic mass is 9.95. The van der Waals surface area contributed by atoms with E-state index < -0.39 is 0 Å². The van der Waals surface area contributed by atoms with Gasteiger partial charge in [0.15, 0.2) is 4.96 Å². The van der Waals surface area contributed by atoms with Gasteiger partial charge in [0, 0.05) is 30.7 Å². The summed E-state index contributed by atoms with van der Waals surface area (Å²) in [7, 11) is 0. The van der Waals surface area contributed by atoms with Gasteiger partial charge in [0.05, 0.1) is 5.69 Å². The molecule has 0 amide bonds. The molecule has 2 aromatic rings. The molecule has 0 radical (unpaired) electrons. The average molecular weight is 329 g/mol.